The molecule has 0 bridgehead atoms. The number of hydrogen-bond donors (Lipinski definition) is 1. The van der Waals surface area contributed by atoms with E-state index in [-0.39, 0.29) is 0 Å². The first-order chi connectivity index (χ1) is 18.2. The van der Waals surface area contributed by atoms with Crippen molar-refractivity contribution in [2.45, 2.75) is 18.8 Å². The molecule has 5 aromatic rings. The number of halogens is 1. The van der Waals surface area contributed by atoms with Crippen molar-refractivity contribution >= 4 is 39.7 Å². The van der Waals surface area contributed by atoms with Gasteiger partial charge >= 0.3 is 0 Å². The highest BCUT2D eigenvalue weighted by atomic mass is 35.5. The maximum atomic E-state index is 6.31. The molecule has 1 heterocycles. The number of anilines is 1. The number of rotatable bonds is 5. The zero-order valence-corrected chi connectivity index (χ0v) is 20.9. The molecule has 1 aliphatic rings. The second kappa shape index (κ2) is 10.4. The number of nitrogens with zero attached hydrogens (tertiary/aromatic N) is 3. The second-order valence-electron chi connectivity index (χ2n) is 9.19. The lowest BCUT2D eigenvalue weighted by Crippen LogP contribution is -2.14. The number of fused-ring (bicyclic) bond motifs is 1. The van der Waals surface area contributed by atoms with E-state index in [1.807, 2.05) is 54.6 Å². The number of benzene rings is 4. The van der Waals surface area contributed by atoms with Gasteiger partial charge in [-0.15, -0.1) is 0 Å². The van der Waals surface area contributed by atoms with Crippen LogP contribution in [0, 0.1) is 0 Å². The standard InChI is InChI=1S/C32H25ClN4/c33-27-16-17-30-29(21-27)31(24-14-8-3-9-15-24)35-32(34-30)37-36-28-19-25(22-10-4-1-5-11-22)18-26(20-28)23-12-6-2-7-13-23/h1-17,19,21,26H,18,20H2,(H,34,35,37)/b36-28+. The molecule has 1 unspecified atom stereocenters. The number of hydrogen-bond acceptors (Lipinski definition) is 4. The Morgan fingerprint density at radius 1 is 0.730 bits per heavy atom. The predicted octanol–water partition coefficient (Wildman–Crippen LogP) is 8.38. The molecule has 6 rings (SSSR count). The first-order valence-corrected chi connectivity index (χ1v) is 12.8. The third-order valence-electron chi connectivity index (χ3n) is 6.68. The first kappa shape index (κ1) is 23.1. The van der Waals surface area contributed by atoms with E-state index in [9.17, 15) is 0 Å². The predicted molar refractivity (Wildman–Crippen MR) is 154 cm³/mol. The van der Waals surface area contributed by atoms with Crippen molar-refractivity contribution in [3.05, 3.63) is 131 Å². The number of allylic oxidation sites excluding steroid dienone is 2. The molecule has 4 nitrogen and oxygen atoms in total. The normalized spacial score (nSPS) is 16.5. The molecule has 0 saturated carbocycles. The Bertz CT molecular complexity index is 1600. The summed E-state index contributed by atoms with van der Waals surface area (Å²) in [7, 11) is 0. The highest BCUT2D eigenvalue weighted by molar-refractivity contribution is 6.31. The topological polar surface area (TPSA) is 50.2 Å². The van der Waals surface area contributed by atoms with Crippen molar-refractivity contribution in [2.75, 3.05) is 5.43 Å². The fraction of sp³-hybridized carbons (Fsp3) is 0.0938. The number of aromatic nitrogens is 2. The van der Waals surface area contributed by atoms with E-state index in [2.05, 4.69) is 66.1 Å². The Morgan fingerprint density at radius 3 is 2.14 bits per heavy atom. The number of hydrazone groups is 1. The molecule has 0 radical (unpaired) electrons. The Kier molecular flexibility index (Phi) is 6.49. The minimum atomic E-state index is 0.349. The van der Waals surface area contributed by atoms with Gasteiger partial charge in [-0.25, -0.2) is 15.4 Å². The van der Waals surface area contributed by atoms with Gasteiger partial charge in [0, 0.05) is 16.0 Å². The van der Waals surface area contributed by atoms with Crippen molar-refractivity contribution in [1.29, 1.82) is 0 Å². The summed E-state index contributed by atoms with van der Waals surface area (Å²) in [6.07, 6.45) is 4.00. The zero-order valence-electron chi connectivity index (χ0n) is 20.2. The third-order valence-corrected chi connectivity index (χ3v) is 6.92. The van der Waals surface area contributed by atoms with Gasteiger partial charge in [-0.3, -0.25) is 0 Å². The van der Waals surface area contributed by atoms with Crippen molar-refractivity contribution in [3.8, 4) is 11.3 Å². The Balaban J connectivity index is 1.38. The van der Waals surface area contributed by atoms with Crippen molar-refractivity contribution in [2.24, 2.45) is 5.10 Å². The van der Waals surface area contributed by atoms with Gasteiger partial charge in [0.1, 0.15) is 0 Å². The van der Waals surface area contributed by atoms with Gasteiger partial charge in [0.25, 0.3) is 0 Å². The van der Waals surface area contributed by atoms with Crippen LogP contribution in [-0.2, 0) is 0 Å². The Labute approximate surface area is 221 Å². The van der Waals surface area contributed by atoms with Crippen LogP contribution in [0.5, 0.6) is 0 Å². The fourth-order valence-corrected chi connectivity index (χ4v) is 5.06. The summed E-state index contributed by atoms with van der Waals surface area (Å²) in [6, 6.07) is 37.0. The summed E-state index contributed by atoms with van der Waals surface area (Å²) in [6.45, 7) is 0. The van der Waals surface area contributed by atoms with Crippen LogP contribution in [0.4, 0.5) is 5.95 Å². The highest BCUT2D eigenvalue weighted by Crippen LogP contribution is 2.36. The molecule has 0 aliphatic heterocycles. The van der Waals surface area contributed by atoms with Gasteiger partial charge in [0.05, 0.1) is 16.9 Å². The molecule has 4 aromatic carbocycles. The van der Waals surface area contributed by atoms with Crippen LogP contribution < -0.4 is 5.43 Å². The van der Waals surface area contributed by atoms with Crippen LogP contribution in [-0.4, -0.2) is 15.7 Å². The molecular formula is C32H25ClN4. The molecule has 0 saturated heterocycles. The molecule has 0 amide bonds. The molecule has 37 heavy (non-hydrogen) atoms. The third kappa shape index (κ3) is 5.16. The molecule has 180 valence electrons. The molecule has 1 N–H and O–H groups in total. The largest absolute Gasteiger partial charge is 0.245 e. The van der Waals surface area contributed by atoms with Crippen LogP contribution >= 0.6 is 11.6 Å². The van der Waals surface area contributed by atoms with E-state index < -0.39 is 0 Å². The van der Waals surface area contributed by atoms with E-state index in [0.717, 1.165) is 40.7 Å². The number of nitrogens with one attached hydrogen (secondary N) is 1. The second-order valence-corrected chi connectivity index (χ2v) is 9.63. The summed E-state index contributed by atoms with van der Waals surface area (Å²) in [5.74, 6) is 0.805. The van der Waals surface area contributed by atoms with Gasteiger partial charge in [0.2, 0.25) is 5.95 Å². The summed E-state index contributed by atoms with van der Waals surface area (Å²) >= 11 is 6.31. The average molecular weight is 501 g/mol. The van der Waals surface area contributed by atoms with Crippen LogP contribution in [0.1, 0.15) is 29.9 Å². The van der Waals surface area contributed by atoms with E-state index in [0.29, 0.717) is 16.9 Å². The van der Waals surface area contributed by atoms with E-state index >= 15 is 0 Å². The Hall–Kier alpha value is -4.28. The van der Waals surface area contributed by atoms with E-state index in [1.165, 1.54) is 16.7 Å². The fourth-order valence-electron chi connectivity index (χ4n) is 4.89. The molecule has 0 fully saturated rings. The Morgan fingerprint density at radius 2 is 1.41 bits per heavy atom. The molecule has 1 aromatic heterocycles. The minimum absolute atomic E-state index is 0.349. The summed E-state index contributed by atoms with van der Waals surface area (Å²) in [4.78, 5) is 9.58. The minimum Gasteiger partial charge on any atom is -0.245 e. The maximum Gasteiger partial charge on any atom is 0.244 e. The summed E-state index contributed by atoms with van der Waals surface area (Å²) in [5, 5.41) is 6.37. The van der Waals surface area contributed by atoms with Gasteiger partial charge in [-0.1, -0.05) is 103 Å². The monoisotopic (exact) mass is 500 g/mol. The van der Waals surface area contributed by atoms with Crippen LogP contribution in [0.25, 0.3) is 27.7 Å². The maximum absolute atomic E-state index is 6.31. The summed E-state index contributed by atoms with van der Waals surface area (Å²) in [5.41, 5.74) is 10.6. The van der Waals surface area contributed by atoms with Crippen molar-refractivity contribution in [3.63, 3.8) is 0 Å². The van der Waals surface area contributed by atoms with Gasteiger partial charge in [-0.05, 0) is 59.7 Å². The van der Waals surface area contributed by atoms with Gasteiger partial charge in [0.15, 0.2) is 0 Å². The zero-order chi connectivity index (χ0) is 25.0. The first-order valence-electron chi connectivity index (χ1n) is 12.4. The lowest BCUT2D eigenvalue weighted by atomic mass is 9.81. The molecular weight excluding hydrogens is 476 g/mol. The highest BCUT2D eigenvalue weighted by Gasteiger charge is 2.22. The van der Waals surface area contributed by atoms with Gasteiger partial charge < -0.3 is 0 Å². The van der Waals surface area contributed by atoms with Crippen LogP contribution in [0.2, 0.25) is 5.02 Å². The van der Waals surface area contributed by atoms with E-state index in [4.69, 9.17) is 26.7 Å². The quantitative estimate of drug-likeness (QED) is 0.246. The summed E-state index contributed by atoms with van der Waals surface area (Å²) < 4.78 is 0. The van der Waals surface area contributed by atoms with Crippen LogP contribution in [0.3, 0.4) is 0 Å². The van der Waals surface area contributed by atoms with Crippen LogP contribution in [0.15, 0.2) is 120 Å². The van der Waals surface area contributed by atoms with Crippen molar-refractivity contribution < 1.29 is 0 Å². The molecule has 1 aliphatic carbocycles. The van der Waals surface area contributed by atoms with E-state index in [1.54, 1.807) is 0 Å². The SMILES string of the molecule is Clc1ccc2nc(N/N=C3\C=C(c4ccccc4)CC(c4ccccc4)C3)nc(-c3ccccc3)c2c1. The molecule has 5 heteroatoms. The van der Waals surface area contributed by atoms with Crippen molar-refractivity contribution in [1.82, 2.24) is 9.97 Å². The molecule has 1 atom stereocenters. The smallest absolute Gasteiger partial charge is 0.244 e. The average Bonchev–Trinajstić information content (AvgIpc) is 2.97. The molecule has 0 spiro atoms. The lowest BCUT2D eigenvalue weighted by Gasteiger charge is -2.24. The van der Waals surface area contributed by atoms with Gasteiger partial charge in [-0.2, -0.15) is 5.10 Å². The lowest BCUT2D eigenvalue weighted by molar-refractivity contribution is 0.731.